The van der Waals surface area contributed by atoms with Crippen LogP contribution in [-0.2, 0) is 5.75 Å². The van der Waals surface area contributed by atoms with E-state index in [1.807, 2.05) is 29.1 Å². The Hall–Kier alpha value is -2.47. The van der Waals surface area contributed by atoms with Crippen LogP contribution in [-0.4, -0.2) is 34.7 Å². The minimum absolute atomic E-state index is 0.742. The second-order valence-corrected chi connectivity index (χ2v) is 7.52. The molecular weight excluding hydrogens is 356 g/mol. The molecule has 140 valence electrons. The average molecular weight is 381 g/mol. The van der Waals surface area contributed by atoms with Gasteiger partial charge < -0.3 is 9.64 Å². The molecule has 5 nitrogen and oxygen atoms in total. The van der Waals surface area contributed by atoms with Crippen LogP contribution in [0.1, 0.15) is 24.8 Å². The van der Waals surface area contributed by atoms with Gasteiger partial charge in [0.2, 0.25) is 0 Å². The zero-order valence-corrected chi connectivity index (χ0v) is 16.4. The number of pyridine rings is 1. The fourth-order valence-electron chi connectivity index (χ4n) is 3.50. The summed E-state index contributed by atoms with van der Waals surface area (Å²) in [5, 5.41) is 0.917. The molecule has 2 aromatic heterocycles. The van der Waals surface area contributed by atoms with Crippen LogP contribution in [0.2, 0.25) is 0 Å². The SMILES string of the molecule is COc1cccnc1-n1ccnc1SCc1ccccc1N1CCCCC1. The van der Waals surface area contributed by atoms with E-state index in [0.717, 1.165) is 35.6 Å². The van der Waals surface area contributed by atoms with E-state index in [1.54, 1.807) is 25.1 Å². The lowest BCUT2D eigenvalue weighted by Crippen LogP contribution is -2.30. The summed E-state index contributed by atoms with van der Waals surface area (Å²) < 4.78 is 7.45. The van der Waals surface area contributed by atoms with Crippen molar-refractivity contribution in [3.8, 4) is 11.6 Å². The number of para-hydroxylation sites is 1. The Kier molecular flexibility index (Phi) is 5.63. The fraction of sp³-hybridized carbons (Fsp3) is 0.333. The van der Waals surface area contributed by atoms with Gasteiger partial charge >= 0.3 is 0 Å². The summed E-state index contributed by atoms with van der Waals surface area (Å²) in [6.45, 7) is 2.31. The largest absolute Gasteiger partial charge is 0.493 e. The van der Waals surface area contributed by atoms with E-state index < -0.39 is 0 Å². The number of hydrogen-bond acceptors (Lipinski definition) is 5. The van der Waals surface area contributed by atoms with Gasteiger partial charge in [0.1, 0.15) is 0 Å². The Balaban J connectivity index is 1.55. The van der Waals surface area contributed by atoms with Crippen molar-refractivity contribution in [2.45, 2.75) is 30.2 Å². The van der Waals surface area contributed by atoms with E-state index in [0.29, 0.717) is 0 Å². The molecule has 3 aromatic rings. The van der Waals surface area contributed by atoms with Crippen LogP contribution in [0.15, 0.2) is 60.1 Å². The summed E-state index contributed by atoms with van der Waals surface area (Å²) in [6.07, 6.45) is 9.43. The lowest BCUT2D eigenvalue weighted by molar-refractivity contribution is 0.409. The van der Waals surface area contributed by atoms with E-state index in [9.17, 15) is 0 Å². The zero-order valence-electron chi connectivity index (χ0n) is 15.5. The van der Waals surface area contributed by atoms with Gasteiger partial charge in [-0.3, -0.25) is 4.57 Å². The topological polar surface area (TPSA) is 43.2 Å². The van der Waals surface area contributed by atoms with Gasteiger partial charge in [-0.1, -0.05) is 30.0 Å². The number of methoxy groups -OCH3 is 1. The molecule has 0 bridgehead atoms. The summed E-state index contributed by atoms with van der Waals surface area (Å²) in [5.41, 5.74) is 2.71. The normalized spacial score (nSPS) is 14.3. The summed E-state index contributed by atoms with van der Waals surface area (Å²) in [6, 6.07) is 12.5. The molecule has 4 rings (SSSR count). The molecule has 1 aliphatic rings. The first-order valence-electron chi connectivity index (χ1n) is 9.35. The molecule has 0 unspecified atom stereocenters. The molecule has 3 heterocycles. The first-order valence-corrected chi connectivity index (χ1v) is 10.3. The van der Waals surface area contributed by atoms with Crippen LogP contribution in [0.5, 0.6) is 5.75 Å². The Morgan fingerprint density at radius 1 is 1.00 bits per heavy atom. The second-order valence-electron chi connectivity index (χ2n) is 6.57. The molecule has 0 saturated carbocycles. The predicted octanol–water partition coefficient (Wildman–Crippen LogP) is 4.56. The number of rotatable bonds is 6. The van der Waals surface area contributed by atoms with Crippen molar-refractivity contribution in [3.63, 3.8) is 0 Å². The van der Waals surface area contributed by atoms with Crippen molar-refractivity contribution in [2.75, 3.05) is 25.1 Å². The number of nitrogens with zero attached hydrogens (tertiary/aromatic N) is 4. The van der Waals surface area contributed by atoms with E-state index in [4.69, 9.17) is 4.74 Å². The minimum Gasteiger partial charge on any atom is -0.493 e. The highest BCUT2D eigenvalue weighted by Gasteiger charge is 2.16. The number of imidazole rings is 1. The fourth-order valence-corrected chi connectivity index (χ4v) is 4.45. The lowest BCUT2D eigenvalue weighted by Gasteiger charge is -2.30. The highest BCUT2D eigenvalue weighted by Crippen LogP contribution is 2.31. The summed E-state index contributed by atoms with van der Waals surface area (Å²) in [7, 11) is 1.67. The van der Waals surface area contributed by atoms with Crippen molar-refractivity contribution in [1.29, 1.82) is 0 Å². The number of benzene rings is 1. The Morgan fingerprint density at radius 2 is 1.85 bits per heavy atom. The van der Waals surface area contributed by atoms with Crippen molar-refractivity contribution in [3.05, 3.63) is 60.6 Å². The first kappa shape index (κ1) is 17.9. The van der Waals surface area contributed by atoms with E-state index in [-0.39, 0.29) is 0 Å². The number of piperidine rings is 1. The molecule has 0 amide bonds. The predicted molar refractivity (Wildman–Crippen MR) is 110 cm³/mol. The molecular formula is C21H24N4OS. The van der Waals surface area contributed by atoms with Gasteiger partial charge in [0.25, 0.3) is 0 Å². The maximum absolute atomic E-state index is 5.46. The molecule has 0 spiro atoms. The van der Waals surface area contributed by atoms with Crippen LogP contribution in [0, 0.1) is 0 Å². The van der Waals surface area contributed by atoms with Gasteiger partial charge in [-0.25, -0.2) is 9.97 Å². The molecule has 1 saturated heterocycles. The summed E-state index contributed by atoms with van der Waals surface area (Å²) in [5.74, 6) is 2.38. The first-order chi connectivity index (χ1) is 13.4. The molecule has 1 aromatic carbocycles. The third kappa shape index (κ3) is 3.95. The van der Waals surface area contributed by atoms with Gasteiger partial charge in [-0.05, 0) is 43.0 Å². The quantitative estimate of drug-likeness (QED) is 0.587. The van der Waals surface area contributed by atoms with Crippen LogP contribution < -0.4 is 9.64 Å². The summed E-state index contributed by atoms with van der Waals surface area (Å²) in [4.78, 5) is 11.5. The van der Waals surface area contributed by atoms with Crippen molar-refractivity contribution >= 4 is 17.4 Å². The third-order valence-electron chi connectivity index (χ3n) is 4.85. The number of anilines is 1. The van der Waals surface area contributed by atoms with Gasteiger partial charge in [0, 0.05) is 43.1 Å². The number of ether oxygens (including phenoxy) is 1. The average Bonchev–Trinajstić information content (AvgIpc) is 3.21. The second kappa shape index (κ2) is 8.48. The van der Waals surface area contributed by atoms with E-state index in [2.05, 4.69) is 39.1 Å². The van der Waals surface area contributed by atoms with Crippen molar-refractivity contribution < 1.29 is 4.74 Å². The van der Waals surface area contributed by atoms with E-state index >= 15 is 0 Å². The maximum atomic E-state index is 5.46. The molecule has 6 heteroatoms. The Labute approximate surface area is 164 Å². The van der Waals surface area contributed by atoms with Gasteiger partial charge in [0.15, 0.2) is 16.7 Å². The van der Waals surface area contributed by atoms with Crippen LogP contribution in [0.3, 0.4) is 0 Å². The van der Waals surface area contributed by atoms with Crippen LogP contribution in [0.4, 0.5) is 5.69 Å². The van der Waals surface area contributed by atoms with Crippen molar-refractivity contribution in [1.82, 2.24) is 14.5 Å². The Bertz CT molecular complexity index is 889. The molecule has 1 aliphatic heterocycles. The molecule has 27 heavy (non-hydrogen) atoms. The van der Waals surface area contributed by atoms with Crippen LogP contribution >= 0.6 is 11.8 Å². The number of thioether (sulfide) groups is 1. The van der Waals surface area contributed by atoms with Gasteiger partial charge in [-0.15, -0.1) is 0 Å². The standard InChI is InChI=1S/C21H24N4OS/c1-26-19-10-7-11-22-20(19)25-15-12-23-21(25)27-16-17-8-3-4-9-18(17)24-13-5-2-6-14-24/h3-4,7-12,15H,2,5-6,13-14,16H2,1H3. The molecule has 0 aliphatic carbocycles. The third-order valence-corrected chi connectivity index (χ3v) is 5.87. The highest BCUT2D eigenvalue weighted by atomic mass is 32.2. The number of hydrogen-bond donors (Lipinski definition) is 0. The molecule has 1 fully saturated rings. The van der Waals surface area contributed by atoms with Crippen molar-refractivity contribution in [2.24, 2.45) is 0 Å². The number of aromatic nitrogens is 3. The molecule has 0 atom stereocenters. The minimum atomic E-state index is 0.742. The van der Waals surface area contributed by atoms with Crippen LogP contribution in [0.25, 0.3) is 5.82 Å². The van der Waals surface area contributed by atoms with Gasteiger partial charge in [0.05, 0.1) is 7.11 Å². The van der Waals surface area contributed by atoms with E-state index in [1.165, 1.54) is 30.5 Å². The maximum Gasteiger partial charge on any atom is 0.181 e. The smallest absolute Gasteiger partial charge is 0.181 e. The molecule has 0 radical (unpaired) electrons. The highest BCUT2D eigenvalue weighted by molar-refractivity contribution is 7.98. The summed E-state index contributed by atoms with van der Waals surface area (Å²) >= 11 is 1.73. The Morgan fingerprint density at radius 3 is 2.70 bits per heavy atom. The zero-order chi connectivity index (χ0) is 18.5. The lowest BCUT2D eigenvalue weighted by atomic mass is 10.1. The monoisotopic (exact) mass is 380 g/mol. The van der Waals surface area contributed by atoms with Gasteiger partial charge in [-0.2, -0.15) is 0 Å². The molecule has 0 N–H and O–H groups in total.